The van der Waals surface area contributed by atoms with Gasteiger partial charge in [0.05, 0.1) is 6.04 Å². The Morgan fingerprint density at radius 1 is 1.11 bits per heavy atom. The highest BCUT2D eigenvalue weighted by Crippen LogP contribution is 2.23. The molecule has 4 heteroatoms. The van der Waals surface area contributed by atoms with Gasteiger partial charge in [-0.15, -0.1) is 0 Å². The Hall–Kier alpha value is -0.620. The van der Waals surface area contributed by atoms with E-state index >= 15 is 0 Å². The van der Waals surface area contributed by atoms with Gasteiger partial charge in [-0.1, -0.05) is 41.9 Å². The summed E-state index contributed by atoms with van der Waals surface area (Å²) in [5, 5.41) is 0.781. The minimum Gasteiger partial charge on any atom is -0.271 e. The van der Waals surface area contributed by atoms with Gasteiger partial charge in [0, 0.05) is 8.59 Å². The zero-order chi connectivity index (χ0) is 13.0. The van der Waals surface area contributed by atoms with Crippen LogP contribution in [0.2, 0.25) is 5.02 Å². The van der Waals surface area contributed by atoms with Crippen molar-refractivity contribution in [3.8, 4) is 0 Å². The number of nitrogens with one attached hydrogen (secondary N) is 1. The molecule has 0 aromatic heterocycles. The van der Waals surface area contributed by atoms with Crippen molar-refractivity contribution < 1.29 is 0 Å². The maximum Gasteiger partial charge on any atom is 0.0500 e. The molecule has 1 unspecified atom stereocenters. The fourth-order valence-electron chi connectivity index (χ4n) is 1.85. The van der Waals surface area contributed by atoms with E-state index in [1.54, 1.807) is 0 Å². The molecule has 2 nitrogen and oxygen atoms in total. The maximum absolute atomic E-state index is 6.17. The molecule has 2 rings (SSSR count). The predicted octanol–water partition coefficient (Wildman–Crippen LogP) is 3.69. The van der Waals surface area contributed by atoms with E-state index < -0.39 is 0 Å². The summed E-state index contributed by atoms with van der Waals surface area (Å²) in [7, 11) is 0. The average molecular weight is 373 g/mol. The number of benzene rings is 2. The molecule has 2 aromatic carbocycles. The van der Waals surface area contributed by atoms with Gasteiger partial charge in [0.1, 0.15) is 0 Å². The van der Waals surface area contributed by atoms with Crippen molar-refractivity contribution >= 4 is 34.2 Å². The molecule has 0 fully saturated rings. The summed E-state index contributed by atoms with van der Waals surface area (Å²) >= 11 is 8.46. The number of rotatable bonds is 4. The van der Waals surface area contributed by atoms with Crippen LogP contribution in [0.5, 0.6) is 0 Å². The molecule has 0 spiro atoms. The van der Waals surface area contributed by atoms with Crippen LogP contribution in [0.1, 0.15) is 17.2 Å². The molecule has 2 aromatic rings. The molecule has 0 amide bonds. The Morgan fingerprint density at radius 2 is 1.78 bits per heavy atom. The lowest BCUT2D eigenvalue weighted by Gasteiger charge is -2.17. The summed E-state index contributed by atoms with van der Waals surface area (Å²) in [5.41, 5.74) is 5.11. The lowest BCUT2D eigenvalue weighted by atomic mass is 9.99. The zero-order valence-electron chi connectivity index (χ0n) is 9.74. The normalized spacial score (nSPS) is 12.4. The monoisotopic (exact) mass is 372 g/mol. The molecular formula is C14H14ClIN2. The van der Waals surface area contributed by atoms with Gasteiger partial charge in [-0.05, 0) is 58.3 Å². The fraction of sp³-hybridized carbons (Fsp3) is 0.143. The second-order valence-electron chi connectivity index (χ2n) is 4.07. The van der Waals surface area contributed by atoms with Crippen molar-refractivity contribution in [2.45, 2.75) is 12.5 Å². The van der Waals surface area contributed by atoms with Crippen molar-refractivity contribution in [1.29, 1.82) is 0 Å². The van der Waals surface area contributed by atoms with Gasteiger partial charge < -0.3 is 0 Å². The number of hydrogen-bond donors (Lipinski definition) is 2. The summed E-state index contributed by atoms with van der Waals surface area (Å²) in [6, 6.07) is 16.2. The molecule has 18 heavy (non-hydrogen) atoms. The predicted molar refractivity (Wildman–Crippen MR) is 84.4 cm³/mol. The lowest BCUT2D eigenvalue weighted by Crippen LogP contribution is -2.29. The van der Waals surface area contributed by atoms with Crippen LogP contribution in [0.3, 0.4) is 0 Å². The molecule has 0 aliphatic carbocycles. The zero-order valence-corrected chi connectivity index (χ0v) is 12.6. The van der Waals surface area contributed by atoms with Crippen LogP contribution in [-0.4, -0.2) is 0 Å². The molecule has 0 heterocycles. The Kier molecular flexibility index (Phi) is 5.00. The number of hydrazine groups is 1. The summed E-state index contributed by atoms with van der Waals surface area (Å²) in [4.78, 5) is 0. The Balaban J connectivity index is 2.20. The number of nitrogens with two attached hydrogens (primary N) is 1. The second kappa shape index (κ2) is 6.52. The van der Waals surface area contributed by atoms with Crippen LogP contribution in [-0.2, 0) is 6.42 Å². The van der Waals surface area contributed by atoms with Crippen LogP contribution in [0, 0.1) is 3.57 Å². The van der Waals surface area contributed by atoms with E-state index in [0.29, 0.717) is 0 Å². The van der Waals surface area contributed by atoms with E-state index in [1.165, 1.54) is 3.57 Å². The molecular weight excluding hydrogens is 359 g/mol. The molecule has 0 radical (unpaired) electrons. The first-order valence-corrected chi connectivity index (χ1v) is 7.11. The first-order valence-electron chi connectivity index (χ1n) is 5.65. The summed E-state index contributed by atoms with van der Waals surface area (Å²) in [6.07, 6.45) is 0.775. The topological polar surface area (TPSA) is 38.0 Å². The lowest BCUT2D eigenvalue weighted by molar-refractivity contribution is 0.552. The molecule has 94 valence electrons. The fourth-order valence-corrected chi connectivity index (χ4v) is 2.42. The van der Waals surface area contributed by atoms with Gasteiger partial charge in [-0.3, -0.25) is 11.3 Å². The van der Waals surface area contributed by atoms with Crippen molar-refractivity contribution in [3.63, 3.8) is 0 Å². The van der Waals surface area contributed by atoms with Gasteiger partial charge in [-0.25, -0.2) is 0 Å². The Morgan fingerprint density at radius 3 is 2.39 bits per heavy atom. The van der Waals surface area contributed by atoms with Gasteiger partial charge in [-0.2, -0.15) is 0 Å². The van der Waals surface area contributed by atoms with Gasteiger partial charge in [0.15, 0.2) is 0 Å². The van der Waals surface area contributed by atoms with Crippen LogP contribution in [0.15, 0.2) is 48.5 Å². The van der Waals surface area contributed by atoms with Crippen LogP contribution in [0.25, 0.3) is 0 Å². The highest BCUT2D eigenvalue weighted by atomic mass is 127. The van der Waals surface area contributed by atoms with Crippen molar-refractivity contribution in [2.75, 3.05) is 0 Å². The molecule has 0 aliphatic rings. The average Bonchev–Trinajstić information content (AvgIpc) is 2.39. The number of halogens is 2. The van der Waals surface area contributed by atoms with Crippen LogP contribution < -0.4 is 11.3 Å². The molecule has 0 bridgehead atoms. The first-order chi connectivity index (χ1) is 8.70. The first kappa shape index (κ1) is 13.8. The van der Waals surface area contributed by atoms with Crippen molar-refractivity contribution in [3.05, 3.63) is 68.3 Å². The third-order valence-electron chi connectivity index (χ3n) is 2.86. The van der Waals surface area contributed by atoms with E-state index in [2.05, 4.69) is 52.3 Å². The van der Waals surface area contributed by atoms with E-state index in [0.717, 1.165) is 22.6 Å². The molecule has 3 N–H and O–H groups in total. The third-order valence-corrected chi connectivity index (χ3v) is 3.94. The minimum absolute atomic E-state index is 0.0712. The summed E-state index contributed by atoms with van der Waals surface area (Å²) in [5.74, 6) is 5.65. The van der Waals surface area contributed by atoms with Gasteiger partial charge in [0.2, 0.25) is 0 Å². The maximum atomic E-state index is 6.17. The van der Waals surface area contributed by atoms with Gasteiger partial charge in [0.25, 0.3) is 0 Å². The van der Waals surface area contributed by atoms with Crippen LogP contribution >= 0.6 is 34.2 Å². The second-order valence-corrected chi connectivity index (χ2v) is 5.72. The SMILES string of the molecule is NNC(Cc1ccccc1Cl)c1ccc(I)cc1. The third kappa shape index (κ3) is 3.45. The molecule has 0 saturated heterocycles. The molecule has 0 saturated carbocycles. The standard InChI is InChI=1S/C14H14ClIN2/c15-13-4-2-1-3-11(13)9-14(18-17)10-5-7-12(16)8-6-10/h1-8,14,18H,9,17H2. The Labute approximate surface area is 126 Å². The van der Waals surface area contributed by atoms with E-state index in [9.17, 15) is 0 Å². The van der Waals surface area contributed by atoms with E-state index in [4.69, 9.17) is 17.4 Å². The van der Waals surface area contributed by atoms with Gasteiger partial charge >= 0.3 is 0 Å². The van der Waals surface area contributed by atoms with E-state index in [-0.39, 0.29) is 6.04 Å². The molecule has 0 aliphatic heterocycles. The van der Waals surface area contributed by atoms with Crippen molar-refractivity contribution in [1.82, 2.24) is 5.43 Å². The smallest absolute Gasteiger partial charge is 0.0500 e. The summed E-state index contributed by atoms with van der Waals surface area (Å²) < 4.78 is 1.21. The van der Waals surface area contributed by atoms with Crippen LogP contribution in [0.4, 0.5) is 0 Å². The largest absolute Gasteiger partial charge is 0.271 e. The number of hydrogen-bond acceptors (Lipinski definition) is 2. The highest BCUT2D eigenvalue weighted by molar-refractivity contribution is 14.1. The molecule has 1 atom stereocenters. The van der Waals surface area contributed by atoms with Crippen molar-refractivity contribution in [2.24, 2.45) is 5.84 Å². The van der Waals surface area contributed by atoms with E-state index in [1.807, 2.05) is 24.3 Å². The highest BCUT2D eigenvalue weighted by Gasteiger charge is 2.12. The minimum atomic E-state index is 0.0712. The Bertz CT molecular complexity index is 513. The quantitative estimate of drug-likeness (QED) is 0.488. The summed E-state index contributed by atoms with van der Waals surface area (Å²) in [6.45, 7) is 0.